The summed E-state index contributed by atoms with van der Waals surface area (Å²) in [5.74, 6) is 3.05. The molecule has 0 saturated heterocycles. The molecule has 0 radical (unpaired) electrons. The van der Waals surface area contributed by atoms with Crippen molar-refractivity contribution in [2.75, 3.05) is 0 Å². The zero-order chi connectivity index (χ0) is 29.6. The molecule has 3 aliphatic carbocycles. The fourth-order valence-electron chi connectivity index (χ4n) is 7.16. The quantitative estimate of drug-likeness (QED) is 0.288. The second-order valence-electron chi connectivity index (χ2n) is 12.6. The van der Waals surface area contributed by atoms with Crippen LogP contribution in [0.15, 0.2) is 125 Å². The number of hydrogen-bond acceptors (Lipinski definition) is 4. The molecule has 0 amide bonds. The van der Waals surface area contributed by atoms with Crippen LogP contribution in [0.2, 0.25) is 0 Å². The number of fused-ring (bicyclic) bond motifs is 3. The highest BCUT2D eigenvalue weighted by Crippen LogP contribution is 2.38. The van der Waals surface area contributed by atoms with Gasteiger partial charge in [0.15, 0.2) is 6.17 Å². The fourth-order valence-corrected chi connectivity index (χ4v) is 7.16. The Hall–Kier alpha value is -4.83. The van der Waals surface area contributed by atoms with Crippen molar-refractivity contribution >= 4 is 40.2 Å². The Morgan fingerprint density at radius 3 is 2.50 bits per heavy atom. The smallest absolute Gasteiger partial charge is 0.169 e. The van der Waals surface area contributed by atoms with Crippen LogP contribution in [0.5, 0.6) is 0 Å². The third-order valence-corrected chi connectivity index (χ3v) is 9.48. The molecular weight excluding hydrogens is 536 g/mol. The number of hydrogen-bond donors (Lipinski definition) is 1. The molecule has 5 unspecified atom stereocenters. The lowest BCUT2D eigenvalue weighted by atomic mass is 9.78. The molecule has 0 fully saturated rings. The van der Waals surface area contributed by atoms with Gasteiger partial charge in [-0.15, -0.1) is 0 Å². The highest BCUT2D eigenvalue weighted by atomic mass is 15.2. The summed E-state index contributed by atoms with van der Waals surface area (Å²) < 4.78 is 0. The van der Waals surface area contributed by atoms with E-state index in [1.165, 1.54) is 43.5 Å². The van der Waals surface area contributed by atoms with E-state index in [1.807, 2.05) is 12.4 Å². The van der Waals surface area contributed by atoms with Crippen LogP contribution in [0.1, 0.15) is 43.1 Å². The van der Waals surface area contributed by atoms with Gasteiger partial charge in [0.2, 0.25) is 0 Å². The molecular formula is C40H36N4. The molecule has 0 saturated carbocycles. The van der Waals surface area contributed by atoms with Crippen LogP contribution in [0, 0.1) is 23.7 Å². The minimum atomic E-state index is -0.290. The van der Waals surface area contributed by atoms with Crippen LogP contribution in [-0.2, 0) is 6.42 Å². The lowest BCUT2D eigenvalue weighted by Crippen LogP contribution is -2.45. The number of pyridine rings is 1. The molecule has 1 aliphatic heterocycles. The Labute approximate surface area is 258 Å². The van der Waals surface area contributed by atoms with Gasteiger partial charge in [-0.3, -0.25) is 4.98 Å². The fraction of sp³-hybridized carbons (Fsp3) is 0.225. The predicted molar refractivity (Wildman–Crippen MR) is 182 cm³/mol. The Morgan fingerprint density at radius 1 is 0.795 bits per heavy atom. The van der Waals surface area contributed by atoms with E-state index in [0.717, 1.165) is 30.1 Å². The van der Waals surface area contributed by atoms with Crippen LogP contribution in [0.4, 0.5) is 0 Å². The summed E-state index contributed by atoms with van der Waals surface area (Å²) in [4.78, 5) is 15.0. The lowest BCUT2D eigenvalue weighted by Gasteiger charge is -2.32. The van der Waals surface area contributed by atoms with Gasteiger partial charge in [0.05, 0.1) is 0 Å². The number of rotatable bonds is 4. The third-order valence-electron chi connectivity index (χ3n) is 9.48. The van der Waals surface area contributed by atoms with E-state index >= 15 is 0 Å². The average molecular weight is 573 g/mol. The highest BCUT2D eigenvalue weighted by Gasteiger charge is 2.31. The number of nitrogens with one attached hydrogen (secondary N) is 1. The molecule has 2 heterocycles. The summed E-state index contributed by atoms with van der Waals surface area (Å²) in [5.41, 5.74) is 6.34. The molecule has 4 nitrogen and oxygen atoms in total. The maximum atomic E-state index is 5.30. The maximum Gasteiger partial charge on any atom is 0.169 e. The number of aromatic nitrogens is 1. The zero-order valence-electron chi connectivity index (χ0n) is 25.2. The number of aliphatic imine (C=N–C) groups is 2. The van der Waals surface area contributed by atoms with E-state index in [1.54, 1.807) is 0 Å². The van der Waals surface area contributed by atoms with Crippen molar-refractivity contribution in [3.05, 3.63) is 142 Å². The summed E-state index contributed by atoms with van der Waals surface area (Å²) in [6.07, 6.45) is 19.8. The van der Waals surface area contributed by atoms with Gasteiger partial charge in [-0.2, -0.15) is 0 Å². The molecule has 1 aromatic heterocycles. The standard InChI is InChI=1S/C40H36N4/c1-25-19-32-17-18-41-24-37(32)36(20-25)31-15-16-35(26(2)21-31)40-43-38(33-13-11-27-7-3-5-9-29(27)22-33)42-39(44-40)34-14-12-28-8-4-6-10-30(28)23-34/h3-13,15-18,20-26,34-35,38H,14,19H2,1-2H3,(H,42,43,44). The van der Waals surface area contributed by atoms with Gasteiger partial charge in [0.25, 0.3) is 0 Å². The van der Waals surface area contributed by atoms with Gasteiger partial charge in [0, 0.05) is 29.8 Å². The summed E-state index contributed by atoms with van der Waals surface area (Å²) in [7, 11) is 0. The predicted octanol–water partition coefficient (Wildman–Crippen LogP) is 6.94. The minimum Gasteiger partial charge on any atom is -0.331 e. The number of benzene rings is 3. The first-order chi connectivity index (χ1) is 21.6. The van der Waals surface area contributed by atoms with E-state index in [9.17, 15) is 0 Å². The van der Waals surface area contributed by atoms with Gasteiger partial charge in [-0.1, -0.05) is 111 Å². The first-order valence-corrected chi connectivity index (χ1v) is 15.8. The Kier molecular flexibility index (Phi) is 6.71. The van der Waals surface area contributed by atoms with Gasteiger partial charge in [-0.05, 0) is 80.3 Å². The molecule has 0 bridgehead atoms. The van der Waals surface area contributed by atoms with Crippen molar-refractivity contribution in [2.45, 2.75) is 32.9 Å². The second-order valence-corrected chi connectivity index (χ2v) is 12.6. The van der Waals surface area contributed by atoms with E-state index < -0.39 is 0 Å². The molecule has 4 heteroatoms. The van der Waals surface area contributed by atoms with Crippen molar-refractivity contribution < 1.29 is 0 Å². The van der Waals surface area contributed by atoms with Crippen LogP contribution in [0.25, 0.3) is 28.5 Å². The average Bonchev–Trinajstić information content (AvgIpc) is 3.07. The van der Waals surface area contributed by atoms with Crippen LogP contribution in [0.3, 0.4) is 0 Å². The molecule has 216 valence electrons. The summed E-state index contributed by atoms with van der Waals surface area (Å²) in [6, 6.07) is 25.9. The van der Waals surface area contributed by atoms with E-state index in [-0.39, 0.29) is 23.9 Å². The molecule has 1 N–H and O–H groups in total. The third kappa shape index (κ3) is 4.94. The second kappa shape index (κ2) is 11.0. The summed E-state index contributed by atoms with van der Waals surface area (Å²) >= 11 is 0. The topological polar surface area (TPSA) is 49.6 Å². The monoisotopic (exact) mass is 572 g/mol. The molecule has 3 aromatic carbocycles. The van der Waals surface area contributed by atoms with E-state index in [0.29, 0.717) is 5.92 Å². The maximum absolute atomic E-state index is 5.30. The normalized spacial score (nSPS) is 25.6. The largest absolute Gasteiger partial charge is 0.331 e. The van der Waals surface area contributed by atoms with Gasteiger partial charge >= 0.3 is 0 Å². The van der Waals surface area contributed by atoms with Crippen molar-refractivity contribution in [1.29, 1.82) is 0 Å². The zero-order valence-corrected chi connectivity index (χ0v) is 25.2. The molecule has 0 spiro atoms. The van der Waals surface area contributed by atoms with E-state index in [4.69, 9.17) is 9.98 Å². The molecule has 5 atom stereocenters. The molecule has 4 aliphatic rings. The van der Waals surface area contributed by atoms with Crippen LogP contribution >= 0.6 is 0 Å². The van der Waals surface area contributed by atoms with Crippen LogP contribution in [-0.4, -0.2) is 16.7 Å². The first kappa shape index (κ1) is 26.8. The summed E-state index contributed by atoms with van der Waals surface area (Å²) in [5, 5.41) is 8.76. The molecule has 4 aromatic rings. The summed E-state index contributed by atoms with van der Waals surface area (Å²) in [6.45, 7) is 4.61. The van der Waals surface area contributed by atoms with Gasteiger partial charge in [0.1, 0.15) is 11.7 Å². The minimum absolute atomic E-state index is 0.127. The molecule has 44 heavy (non-hydrogen) atoms. The SMILES string of the molecule is CC1C=C(C2=CC(C)C(C3=NC(c4ccc5ccccc5c4)N=C(C4C=c5ccccc5=CC4)N3)C=C2)c2cnccc2C1. The van der Waals surface area contributed by atoms with Gasteiger partial charge < -0.3 is 5.32 Å². The van der Waals surface area contributed by atoms with Crippen LogP contribution < -0.4 is 15.8 Å². The Morgan fingerprint density at radius 2 is 1.61 bits per heavy atom. The van der Waals surface area contributed by atoms with Crippen molar-refractivity contribution in [3.8, 4) is 0 Å². The number of amidine groups is 2. The Bertz CT molecular complexity index is 2060. The van der Waals surface area contributed by atoms with Crippen molar-refractivity contribution in [2.24, 2.45) is 33.7 Å². The van der Waals surface area contributed by atoms with Crippen molar-refractivity contribution in [1.82, 2.24) is 10.3 Å². The Balaban J connectivity index is 1.15. The number of nitrogens with zero attached hydrogens (tertiary/aromatic N) is 3. The molecule has 8 rings (SSSR count). The van der Waals surface area contributed by atoms with Gasteiger partial charge in [-0.25, -0.2) is 9.98 Å². The van der Waals surface area contributed by atoms with E-state index in [2.05, 4.69) is 133 Å². The lowest BCUT2D eigenvalue weighted by molar-refractivity contribution is 0.603. The highest BCUT2D eigenvalue weighted by molar-refractivity contribution is 6.07. The van der Waals surface area contributed by atoms with Crippen molar-refractivity contribution in [3.63, 3.8) is 0 Å². The first-order valence-electron chi connectivity index (χ1n) is 15.8. The number of allylic oxidation sites excluding steroid dienone is 5.